The zero-order valence-corrected chi connectivity index (χ0v) is 18.5. The fourth-order valence-electron chi connectivity index (χ4n) is 3.33. The summed E-state index contributed by atoms with van der Waals surface area (Å²) in [5.74, 6) is 0.339. The molecule has 3 aromatic carbocycles. The normalized spacial score (nSPS) is 14.5. The molecule has 1 N–H and O–H groups in total. The number of carbonyl (C=O) groups is 1. The Morgan fingerprint density at radius 1 is 0.939 bits per heavy atom. The molecule has 0 fully saturated rings. The second-order valence-electron chi connectivity index (χ2n) is 7.12. The van der Waals surface area contributed by atoms with Crippen LogP contribution in [0.1, 0.15) is 5.56 Å². The first-order chi connectivity index (χ1) is 16.2. The molecule has 1 amide bonds. The summed E-state index contributed by atoms with van der Waals surface area (Å²) in [6.45, 7) is 0. The molecule has 0 radical (unpaired) electrons. The highest BCUT2D eigenvalue weighted by Crippen LogP contribution is 2.30. The number of ether oxygens (including phenoxy) is 1. The van der Waals surface area contributed by atoms with E-state index in [1.807, 2.05) is 84.2 Å². The highest BCUT2D eigenvalue weighted by atomic mass is 32.1. The van der Waals surface area contributed by atoms with Gasteiger partial charge in [0.25, 0.3) is 0 Å². The third-order valence-corrected chi connectivity index (χ3v) is 5.79. The summed E-state index contributed by atoms with van der Waals surface area (Å²) < 4.78 is 5.26. The molecule has 0 unspecified atom stereocenters. The lowest BCUT2D eigenvalue weighted by Gasteiger charge is -2.07. The van der Waals surface area contributed by atoms with Crippen LogP contribution in [0.3, 0.4) is 0 Å². The Hall–Kier alpha value is -4.30. The highest BCUT2D eigenvalue weighted by Gasteiger charge is 2.35. The average molecular weight is 454 g/mol. The minimum absolute atomic E-state index is 0.209. The van der Waals surface area contributed by atoms with Crippen molar-refractivity contribution < 1.29 is 9.53 Å². The van der Waals surface area contributed by atoms with Crippen molar-refractivity contribution in [2.24, 2.45) is 10.2 Å². The monoisotopic (exact) mass is 453 g/mol. The number of anilines is 2. The molecule has 4 aromatic rings. The summed E-state index contributed by atoms with van der Waals surface area (Å²) in [4.78, 5) is 18.0. The lowest BCUT2D eigenvalue weighted by Crippen LogP contribution is -2.28. The van der Waals surface area contributed by atoms with Crippen LogP contribution in [0.5, 0.6) is 5.75 Å². The number of rotatable bonds is 6. The maximum atomic E-state index is 13.4. The molecular weight excluding hydrogens is 434 g/mol. The minimum atomic E-state index is -0.349. The Morgan fingerprint density at radius 3 is 2.39 bits per heavy atom. The molecule has 0 bridgehead atoms. The van der Waals surface area contributed by atoms with Crippen LogP contribution < -0.4 is 15.2 Å². The van der Waals surface area contributed by atoms with E-state index in [1.54, 1.807) is 13.2 Å². The fourth-order valence-corrected chi connectivity index (χ4v) is 4.11. The van der Waals surface area contributed by atoms with Gasteiger partial charge in [0.1, 0.15) is 11.5 Å². The van der Waals surface area contributed by atoms with Gasteiger partial charge in [-0.1, -0.05) is 66.7 Å². The smallest absolute Gasteiger partial charge is 0.303 e. The molecule has 0 aliphatic carbocycles. The Balaban J connectivity index is 1.50. The molecule has 1 aliphatic rings. The first-order valence-electron chi connectivity index (χ1n) is 10.2. The summed E-state index contributed by atoms with van der Waals surface area (Å²) in [5.41, 5.74) is 6.90. The van der Waals surface area contributed by atoms with E-state index in [0.717, 1.165) is 16.8 Å². The van der Waals surface area contributed by atoms with Gasteiger partial charge in [-0.15, -0.1) is 11.3 Å². The lowest BCUT2D eigenvalue weighted by atomic mass is 10.1. The second kappa shape index (κ2) is 9.05. The van der Waals surface area contributed by atoms with Gasteiger partial charge in [0.05, 0.1) is 18.5 Å². The predicted molar refractivity (Wildman–Crippen MR) is 132 cm³/mol. The summed E-state index contributed by atoms with van der Waals surface area (Å²) >= 11 is 1.36. The maximum Gasteiger partial charge on any atom is 0.303 e. The largest absolute Gasteiger partial charge is 0.497 e. The van der Waals surface area contributed by atoms with Gasteiger partial charge in [0, 0.05) is 22.6 Å². The molecule has 162 valence electrons. The Morgan fingerprint density at radius 2 is 1.67 bits per heavy atom. The predicted octanol–water partition coefficient (Wildman–Crippen LogP) is 5.04. The fraction of sp³-hybridized carbons (Fsp3) is 0.0400. The van der Waals surface area contributed by atoms with E-state index in [1.165, 1.54) is 16.3 Å². The zero-order valence-electron chi connectivity index (χ0n) is 17.7. The van der Waals surface area contributed by atoms with Crippen LogP contribution in [-0.2, 0) is 4.79 Å². The van der Waals surface area contributed by atoms with Gasteiger partial charge in [-0.25, -0.2) is 4.98 Å². The van der Waals surface area contributed by atoms with E-state index in [-0.39, 0.29) is 11.6 Å². The molecule has 2 heterocycles. The number of amides is 1. The van der Waals surface area contributed by atoms with Crippen LogP contribution >= 0.6 is 11.3 Å². The Labute approximate surface area is 194 Å². The van der Waals surface area contributed by atoms with Crippen LogP contribution in [0.2, 0.25) is 0 Å². The van der Waals surface area contributed by atoms with Gasteiger partial charge in [-0.2, -0.15) is 15.2 Å². The van der Waals surface area contributed by atoms with E-state index in [2.05, 4.69) is 20.6 Å². The molecular formula is C25H19N5O2S. The lowest BCUT2D eigenvalue weighted by molar-refractivity contribution is -0.112. The number of nitrogens with one attached hydrogen (secondary N) is 1. The van der Waals surface area contributed by atoms with Gasteiger partial charge >= 0.3 is 5.91 Å². The van der Waals surface area contributed by atoms with Crippen molar-refractivity contribution in [1.82, 2.24) is 4.98 Å². The van der Waals surface area contributed by atoms with Crippen molar-refractivity contribution in [1.29, 1.82) is 0 Å². The van der Waals surface area contributed by atoms with Crippen LogP contribution in [0.4, 0.5) is 10.8 Å². The standard InChI is InChI=1S/C25H19N5O2S/c1-32-20-14-8-13-19(15-20)27-28-23-22(18-11-6-3-7-12-18)29-30(24(23)31)25-26-21(16-33-25)17-9-4-2-5-10-17/h2-16,27H,1H3/b28-23+. The van der Waals surface area contributed by atoms with Crippen LogP contribution in [0, 0.1) is 0 Å². The molecule has 0 saturated heterocycles. The molecule has 8 heteroatoms. The van der Waals surface area contributed by atoms with Gasteiger partial charge in [-0.3, -0.25) is 10.2 Å². The quantitative estimate of drug-likeness (QED) is 0.415. The summed E-state index contributed by atoms with van der Waals surface area (Å²) in [6.07, 6.45) is 0. The molecule has 7 nitrogen and oxygen atoms in total. The Kier molecular flexibility index (Phi) is 5.65. The minimum Gasteiger partial charge on any atom is -0.497 e. The zero-order chi connectivity index (χ0) is 22.6. The second-order valence-corrected chi connectivity index (χ2v) is 7.95. The molecule has 0 spiro atoms. The summed E-state index contributed by atoms with van der Waals surface area (Å²) in [5, 5.41) is 12.7. The van der Waals surface area contributed by atoms with Crippen molar-refractivity contribution in [3.63, 3.8) is 0 Å². The van der Waals surface area contributed by atoms with E-state index in [0.29, 0.717) is 22.3 Å². The topological polar surface area (TPSA) is 79.2 Å². The first-order valence-corrected chi connectivity index (χ1v) is 11.1. The molecule has 0 atom stereocenters. The number of nitrogens with zero attached hydrogens (tertiary/aromatic N) is 4. The van der Waals surface area contributed by atoms with E-state index < -0.39 is 0 Å². The number of benzene rings is 3. The number of hydrazone groups is 2. The third-order valence-electron chi connectivity index (χ3n) is 4.98. The van der Waals surface area contributed by atoms with Gasteiger partial charge in [0.15, 0.2) is 5.71 Å². The van der Waals surface area contributed by atoms with E-state index in [9.17, 15) is 4.79 Å². The average Bonchev–Trinajstić information content (AvgIpc) is 3.49. The number of thiazole rings is 1. The summed E-state index contributed by atoms with van der Waals surface area (Å²) in [7, 11) is 1.60. The number of hydrogen-bond acceptors (Lipinski definition) is 7. The van der Waals surface area contributed by atoms with Crippen molar-refractivity contribution in [3.05, 3.63) is 95.9 Å². The van der Waals surface area contributed by atoms with Crippen LogP contribution in [0.25, 0.3) is 11.3 Å². The molecule has 33 heavy (non-hydrogen) atoms. The maximum absolute atomic E-state index is 13.4. The highest BCUT2D eigenvalue weighted by molar-refractivity contribution is 7.14. The van der Waals surface area contributed by atoms with Gasteiger partial charge in [-0.05, 0) is 12.1 Å². The third kappa shape index (κ3) is 4.24. The van der Waals surface area contributed by atoms with Crippen LogP contribution in [0.15, 0.2) is 101 Å². The number of aromatic nitrogens is 1. The van der Waals surface area contributed by atoms with Gasteiger partial charge < -0.3 is 4.74 Å². The van der Waals surface area contributed by atoms with Crippen LogP contribution in [-0.4, -0.2) is 29.4 Å². The number of hydrogen-bond donors (Lipinski definition) is 1. The van der Waals surface area contributed by atoms with E-state index in [4.69, 9.17) is 4.74 Å². The number of methoxy groups -OCH3 is 1. The van der Waals surface area contributed by atoms with Crippen molar-refractivity contribution in [3.8, 4) is 17.0 Å². The van der Waals surface area contributed by atoms with Crippen molar-refractivity contribution in [2.45, 2.75) is 0 Å². The molecule has 5 rings (SSSR count). The van der Waals surface area contributed by atoms with Gasteiger partial charge in [0.2, 0.25) is 5.13 Å². The Bertz CT molecular complexity index is 1350. The molecule has 1 aliphatic heterocycles. The molecule has 0 saturated carbocycles. The van der Waals surface area contributed by atoms with E-state index >= 15 is 0 Å². The summed E-state index contributed by atoms with van der Waals surface area (Å²) in [6, 6.07) is 26.7. The van der Waals surface area contributed by atoms with Crippen molar-refractivity contribution in [2.75, 3.05) is 17.5 Å². The van der Waals surface area contributed by atoms with Crippen molar-refractivity contribution >= 4 is 39.5 Å². The number of carbonyl (C=O) groups excluding carboxylic acids is 1. The molecule has 1 aromatic heterocycles. The SMILES string of the molecule is COc1cccc(N/N=C2/C(=O)N(c3nc(-c4ccccc4)cs3)N=C2c2ccccc2)c1. The first kappa shape index (κ1) is 20.6.